The molecule has 2 aliphatic rings. The van der Waals surface area contributed by atoms with Gasteiger partial charge in [0.2, 0.25) is 5.89 Å². The molecule has 22 heavy (non-hydrogen) atoms. The zero-order chi connectivity index (χ0) is 15.3. The molecule has 2 aromatic rings. The molecule has 0 N–H and O–H groups in total. The van der Waals surface area contributed by atoms with Gasteiger partial charge in [0.05, 0.1) is 11.6 Å². The highest BCUT2D eigenvalue weighted by molar-refractivity contribution is 7.12. The molecule has 3 heterocycles. The minimum Gasteiger partial charge on any atom is -0.339 e. The first-order chi connectivity index (χ1) is 10.6. The summed E-state index contributed by atoms with van der Waals surface area (Å²) in [5.41, 5.74) is 0.820. The van der Waals surface area contributed by atoms with E-state index in [-0.39, 0.29) is 11.9 Å². The molecule has 1 aliphatic carbocycles. The maximum atomic E-state index is 12.9. The summed E-state index contributed by atoms with van der Waals surface area (Å²) in [6.07, 6.45) is 4.19. The summed E-state index contributed by atoms with van der Waals surface area (Å²) in [6.45, 7) is 4.82. The fraction of sp³-hybridized carbons (Fsp3) is 0.562. The van der Waals surface area contributed by atoms with Crippen LogP contribution in [0.3, 0.4) is 0 Å². The van der Waals surface area contributed by atoms with Gasteiger partial charge in [-0.15, -0.1) is 11.3 Å². The first-order valence-electron chi connectivity index (χ1n) is 7.85. The first kappa shape index (κ1) is 13.9. The Balaban J connectivity index is 1.59. The van der Waals surface area contributed by atoms with E-state index in [0.29, 0.717) is 11.7 Å². The zero-order valence-corrected chi connectivity index (χ0v) is 13.7. The van der Waals surface area contributed by atoms with E-state index in [4.69, 9.17) is 4.52 Å². The van der Waals surface area contributed by atoms with Crippen LogP contribution in [0.15, 0.2) is 10.6 Å². The summed E-state index contributed by atoms with van der Waals surface area (Å²) in [5, 5.41) is 4.14. The number of amides is 1. The van der Waals surface area contributed by atoms with E-state index in [2.05, 4.69) is 10.1 Å². The third-order valence-corrected chi connectivity index (χ3v) is 5.43. The lowest BCUT2D eigenvalue weighted by Gasteiger charge is -2.22. The highest BCUT2D eigenvalue weighted by Crippen LogP contribution is 2.40. The fourth-order valence-electron chi connectivity index (χ4n) is 3.15. The number of carbonyl (C=O) groups excluding carboxylic acids is 1. The lowest BCUT2D eigenvalue weighted by atomic mass is 10.1. The predicted molar refractivity (Wildman–Crippen MR) is 83.1 cm³/mol. The molecule has 116 valence electrons. The number of aryl methyl sites for hydroxylation is 2. The summed E-state index contributed by atoms with van der Waals surface area (Å²) >= 11 is 1.67. The Labute approximate surface area is 133 Å². The molecule has 6 heteroatoms. The van der Waals surface area contributed by atoms with Gasteiger partial charge in [-0.1, -0.05) is 5.16 Å². The molecule has 1 saturated carbocycles. The number of hydrogen-bond donors (Lipinski definition) is 0. The van der Waals surface area contributed by atoms with Gasteiger partial charge in [-0.25, -0.2) is 0 Å². The van der Waals surface area contributed by atoms with Gasteiger partial charge in [0.1, 0.15) is 0 Å². The number of thiophene rings is 1. The fourth-order valence-corrected chi connectivity index (χ4v) is 4.07. The molecule has 0 unspecified atom stereocenters. The monoisotopic (exact) mass is 317 g/mol. The molecule has 2 fully saturated rings. The Morgan fingerprint density at radius 3 is 2.86 bits per heavy atom. The molecular formula is C16H19N3O2S. The van der Waals surface area contributed by atoms with Gasteiger partial charge in [-0.3, -0.25) is 4.79 Å². The summed E-state index contributed by atoms with van der Waals surface area (Å²) in [4.78, 5) is 21.6. The van der Waals surface area contributed by atoms with Crippen molar-refractivity contribution in [1.29, 1.82) is 0 Å². The van der Waals surface area contributed by atoms with E-state index in [1.165, 1.54) is 4.88 Å². The maximum Gasteiger partial charge on any atom is 0.255 e. The second kappa shape index (κ2) is 5.19. The summed E-state index contributed by atoms with van der Waals surface area (Å²) < 4.78 is 5.37. The third kappa shape index (κ3) is 2.35. The molecule has 0 aromatic carbocycles. The molecule has 1 saturated heterocycles. The molecule has 0 bridgehead atoms. The van der Waals surface area contributed by atoms with Crippen molar-refractivity contribution < 1.29 is 9.32 Å². The van der Waals surface area contributed by atoms with Crippen LogP contribution in [0.2, 0.25) is 0 Å². The average molecular weight is 317 g/mol. The molecule has 5 nitrogen and oxygen atoms in total. The van der Waals surface area contributed by atoms with Crippen LogP contribution in [0.5, 0.6) is 0 Å². The van der Waals surface area contributed by atoms with Gasteiger partial charge in [0, 0.05) is 22.2 Å². The SMILES string of the molecule is Cc1cc(C(=O)N2CCC[C@@H]2c2noc(C3CC3)n2)c(C)s1. The molecule has 0 spiro atoms. The smallest absolute Gasteiger partial charge is 0.255 e. The lowest BCUT2D eigenvalue weighted by Crippen LogP contribution is -2.31. The minimum atomic E-state index is -0.0386. The van der Waals surface area contributed by atoms with E-state index in [0.717, 1.165) is 48.6 Å². The third-order valence-electron chi connectivity index (χ3n) is 4.47. The van der Waals surface area contributed by atoms with Crippen molar-refractivity contribution in [1.82, 2.24) is 15.0 Å². The molecule has 1 atom stereocenters. The van der Waals surface area contributed by atoms with E-state index >= 15 is 0 Å². The summed E-state index contributed by atoms with van der Waals surface area (Å²) in [6, 6.07) is 1.95. The quantitative estimate of drug-likeness (QED) is 0.868. The van der Waals surface area contributed by atoms with Crippen molar-refractivity contribution in [2.45, 2.75) is 51.5 Å². The molecule has 1 aliphatic heterocycles. The summed E-state index contributed by atoms with van der Waals surface area (Å²) in [7, 11) is 0. The lowest BCUT2D eigenvalue weighted by molar-refractivity contribution is 0.0728. The Bertz CT molecular complexity index is 717. The minimum absolute atomic E-state index is 0.0386. The van der Waals surface area contributed by atoms with E-state index in [9.17, 15) is 4.79 Å². The number of aromatic nitrogens is 2. The second-order valence-electron chi connectivity index (χ2n) is 6.25. The zero-order valence-electron chi connectivity index (χ0n) is 12.8. The Morgan fingerprint density at radius 2 is 2.18 bits per heavy atom. The number of carbonyl (C=O) groups is 1. The van der Waals surface area contributed by atoms with Crippen molar-refractivity contribution >= 4 is 17.2 Å². The standard InChI is InChI=1S/C16H19N3O2S/c1-9-8-12(10(2)22-9)16(20)19-7-3-4-13(19)14-17-15(21-18-14)11-5-6-11/h8,11,13H,3-7H2,1-2H3/t13-/m1/s1. The van der Waals surface area contributed by atoms with Crippen LogP contribution in [0.1, 0.15) is 69.5 Å². The van der Waals surface area contributed by atoms with Crippen molar-refractivity contribution in [3.63, 3.8) is 0 Å². The van der Waals surface area contributed by atoms with Gasteiger partial charge in [0.25, 0.3) is 5.91 Å². The van der Waals surface area contributed by atoms with E-state index < -0.39 is 0 Å². The van der Waals surface area contributed by atoms with Crippen LogP contribution in [0, 0.1) is 13.8 Å². The largest absolute Gasteiger partial charge is 0.339 e. The number of rotatable bonds is 3. The van der Waals surface area contributed by atoms with Crippen LogP contribution in [-0.4, -0.2) is 27.5 Å². The molecule has 4 rings (SSSR count). The Morgan fingerprint density at radius 1 is 1.36 bits per heavy atom. The number of nitrogens with zero attached hydrogens (tertiary/aromatic N) is 3. The Hall–Kier alpha value is -1.69. The van der Waals surface area contributed by atoms with Crippen LogP contribution >= 0.6 is 11.3 Å². The van der Waals surface area contributed by atoms with Crippen LogP contribution in [0.25, 0.3) is 0 Å². The Kier molecular flexibility index (Phi) is 3.29. The number of likely N-dealkylation sites (tertiary alicyclic amines) is 1. The summed E-state index contributed by atoms with van der Waals surface area (Å²) in [5.74, 6) is 1.98. The highest BCUT2D eigenvalue weighted by Gasteiger charge is 2.36. The average Bonchev–Trinajstić information content (AvgIpc) is 2.92. The van der Waals surface area contributed by atoms with Crippen LogP contribution in [0.4, 0.5) is 0 Å². The second-order valence-corrected chi connectivity index (χ2v) is 7.71. The van der Waals surface area contributed by atoms with Gasteiger partial charge < -0.3 is 9.42 Å². The topological polar surface area (TPSA) is 59.2 Å². The predicted octanol–water partition coefficient (Wildman–Crippen LogP) is 3.60. The number of hydrogen-bond acceptors (Lipinski definition) is 5. The van der Waals surface area contributed by atoms with Crippen molar-refractivity contribution in [3.05, 3.63) is 33.1 Å². The van der Waals surface area contributed by atoms with Gasteiger partial charge >= 0.3 is 0 Å². The maximum absolute atomic E-state index is 12.9. The molecule has 0 radical (unpaired) electrons. The van der Waals surface area contributed by atoms with E-state index in [1.54, 1.807) is 11.3 Å². The van der Waals surface area contributed by atoms with Crippen LogP contribution < -0.4 is 0 Å². The molecule has 1 amide bonds. The van der Waals surface area contributed by atoms with Gasteiger partial charge in [-0.2, -0.15) is 4.98 Å². The normalized spacial score (nSPS) is 21.5. The van der Waals surface area contributed by atoms with Crippen molar-refractivity contribution in [3.8, 4) is 0 Å². The van der Waals surface area contributed by atoms with Gasteiger partial charge in [-0.05, 0) is 45.6 Å². The van der Waals surface area contributed by atoms with Crippen molar-refractivity contribution in [2.24, 2.45) is 0 Å². The first-order valence-corrected chi connectivity index (χ1v) is 8.66. The van der Waals surface area contributed by atoms with Crippen molar-refractivity contribution in [2.75, 3.05) is 6.54 Å². The van der Waals surface area contributed by atoms with Crippen LogP contribution in [-0.2, 0) is 0 Å². The highest BCUT2D eigenvalue weighted by atomic mass is 32.1. The van der Waals surface area contributed by atoms with Gasteiger partial charge in [0.15, 0.2) is 5.82 Å². The van der Waals surface area contributed by atoms with E-state index in [1.807, 2.05) is 24.8 Å². The molecule has 2 aromatic heterocycles. The molecular weight excluding hydrogens is 298 g/mol.